The lowest BCUT2D eigenvalue weighted by Gasteiger charge is -2.37. The molecule has 2 fully saturated rings. The molecule has 96 valence electrons. The van der Waals surface area contributed by atoms with Gasteiger partial charge in [-0.05, 0) is 37.3 Å². The lowest BCUT2D eigenvalue weighted by molar-refractivity contribution is -0.153. The summed E-state index contributed by atoms with van der Waals surface area (Å²) >= 11 is 0. The number of rotatable bonds is 2. The number of hydrogen-bond acceptors (Lipinski definition) is 3. The van der Waals surface area contributed by atoms with E-state index in [0.717, 1.165) is 25.9 Å². The second kappa shape index (κ2) is 4.77. The fourth-order valence-corrected chi connectivity index (χ4v) is 2.75. The first-order valence-electron chi connectivity index (χ1n) is 6.52. The monoisotopic (exact) mass is 238 g/mol. The third-order valence-electron chi connectivity index (χ3n) is 3.70. The van der Waals surface area contributed by atoms with Gasteiger partial charge >= 0.3 is 0 Å². The van der Waals surface area contributed by atoms with E-state index in [4.69, 9.17) is 0 Å². The smallest absolute Gasteiger partial charge is 0.229 e. The van der Waals surface area contributed by atoms with Gasteiger partial charge in [0.2, 0.25) is 11.8 Å². The first-order valence-corrected chi connectivity index (χ1v) is 6.52. The SMILES string of the molecule is CC1(C)CC(=O)N(CC2CCCNC2)C(=O)C1. The average molecular weight is 238 g/mol. The van der Waals surface area contributed by atoms with Gasteiger partial charge in [0.1, 0.15) is 0 Å². The Balaban J connectivity index is 1.96. The third kappa shape index (κ3) is 3.06. The summed E-state index contributed by atoms with van der Waals surface area (Å²) < 4.78 is 0. The number of carbonyl (C=O) groups is 2. The van der Waals surface area contributed by atoms with Gasteiger partial charge in [-0.3, -0.25) is 14.5 Å². The van der Waals surface area contributed by atoms with E-state index in [-0.39, 0.29) is 17.2 Å². The van der Waals surface area contributed by atoms with E-state index >= 15 is 0 Å². The van der Waals surface area contributed by atoms with Crippen LogP contribution in [0.3, 0.4) is 0 Å². The molecule has 1 unspecified atom stereocenters. The predicted octanol–water partition coefficient (Wildman–Crippen LogP) is 1.16. The Morgan fingerprint density at radius 1 is 1.29 bits per heavy atom. The van der Waals surface area contributed by atoms with Crippen molar-refractivity contribution < 1.29 is 9.59 Å². The summed E-state index contributed by atoms with van der Waals surface area (Å²) in [6.45, 7) is 6.58. The fourth-order valence-electron chi connectivity index (χ4n) is 2.75. The molecular formula is C13H22N2O2. The van der Waals surface area contributed by atoms with Gasteiger partial charge in [0.05, 0.1) is 0 Å². The molecular weight excluding hydrogens is 216 g/mol. The van der Waals surface area contributed by atoms with Crippen molar-refractivity contribution in [1.29, 1.82) is 0 Å². The Morgan fingerprint density at radius 3 is 2.47 bits per heavy atom. The maximum absolute atomic E-state index is 12.0. The molecule has 2 aliphatic rings. The number of nitrogens with one attached hydrogen (secondary N) is 1. The van der Waals surface area contributed by atoms with Crippen molar-refractivity contribution in [2.45, 2.75) is 39.5 Å². The molecule has 4 nitrogen and oxygen atoms in total. The summed E-state index contributed by atoms with van der Waals surface area (Å²) in [5, 5.41) is 3.32. The van der Waals surface area contributed by atoms with Gasteiger partial charge in [-0.25, -0.2) is 0 Å². The minimum absolute atomic E-state index is 0.0109. The van der Waals surface area contributed by atoms with Gasteiger partial charge in [-0.15, -0.1) is 0 Å². The highest BCUT2D eigenvalue weighted by Crippen LogP contribution is 2.32. The van der Waals surface area contributed by atoms with E-state index in [9.17, 15) is 9.59 Å². The van der Waals surface area contributed by atoms with Crippen molar-refractivity contribution in [3.8, 4) is 0 Å². The van der Waals surface area contributed by atoms with Crippen molar-refractivity contribution in [2.75, 3.05) is 19.6 Å². The molecule has 2 amide bonds. The summed E-state index contributed by atoms with van der Waals surface area (Å²) in [7, 11) is 0. The molecule has 0 aromatic heterocycles. The van der Waals surface area contributed by atoms with Crippen molar-refractivity contribution in [2.24, 2.45) is 11.3 Å². The topological polar surface area (TPSA) is 49.4 Å². The number of carbonyl (C=O) groups excluding carboxylic acids is 2. The van der Waals surface area contributed by atoms with Crippen LogP contribution < -0.4 is 5.32 Å². The molecule has 17 heavy (non-hydrogen) atoms. The van der Waals surface area contributed by atoms with Crippen LogP contribution in [0, 0.1) is 11.3 Å². The van der Waals surface area contributed by atoms with Crippen LogP contribution in [0.1, 0.15) is 39.5 Å². The summed E-state index contributed by atoms with van der Waals surface area (Å²) in [4.78, 5) is 25.4. The van der Waals surface area contributed by atoms with Crippen LogP contribution in [0.15, 0.2) is 0 Å². The highest BCUT2D eigenvalue weighted by molar-refractivity contribution is 5.98. The van der Waals surface area contributed by atoms with Gasteiger partial charge in [-0.2, -0.15) is 0 Å². The summed E-state index contributed by atoms with van der Waals surface area (Å²) in [6, 6.07) is 0. The predicted molar refractivity (Wildman–Crippen MR) is 65.3 cm³/mol. The van der Waals surface area contributed by atoms with Crippen LogP contribution in [-0.2, 0) is 9.59 Å². The molecule has 0 saturated carbocycles. The molecule has 0 bridgehead atoms. The van der Waals surface area contributed by atoms with Gasteiger partial charge in [0.25, 0.3) is 0 Å². The largest absolute Gasteiger partial charge is 0.316 e. The highest BCUT2D eigenvalue weighted by atomic mass is 16.2. The number of likely N-dealkylation sites (tertiary alicyclic amines) is 1. The standard InChI is InChI=1S/C13H22N2O2/c1-13(2)6-11(16)15(12(17)7-13)9-10-4-3-5-14-8-10/h10,14H,3-9H2,1-2H3. The van der Waals surface area contributed by atoms with Crippen LogP contribution in [0.5, 0.6) is 0 Å². The van der Waals surface area contributed by atoms with E-state index in [1.54, 1.807) is 0 Å². The van der Waals surface area contributed by atoms with E-state index in [2.05, 4.69) is 5.32 Å². The van der Waals surface area contributed by atoms with Crippen molar-refractivity contribution in [1.82, 2.24) is 10.2 Å². The quantitative estimate of drug-likeness (QED) is 0.734. The van der Waals surface area contributed by atoms with Gasteiger partial charge in [-0.1, -0.05) is 13.8 Å². The van der Waals surface area contributed by atoms with Gasteiger partial charge in [0, 0.05) is 19.4 Å². The molecule has 0 aromatic rings. The zero-order valence-corrected chi connectivity index (χ0v) is 10.8. The molecule has 0 radical (unpaired) electrons. The zero-order chi connectivity index (χ0) is 12.5. The molecule has 0 aromatic carbocycles. The van der Waals surface area contributed by atoms with Crippen molar-refractivity contribution in [3.05, 3.63) is 0 Å². The third-order valence-corrected chi connectivity index (χ3v) is 3.70. The number of amides is 2. The number of nitrogens with zero attached hydrogens (tertiary/aromatic N) is 1. The maximum Gasteiger partial charge on any atom is 0.229 e. The molecule has 2 aliphatic heterocycles. The Morgan fingerprint density at radius 2 is 1.94 bits per heavy atom. The van der Waals surface area contributed by atoms with E-state index in [1.807, 2.05) is 13.8 Å². The lowest BCUT2D eigenvalue weighted by Crippen LogP contribution is -2.49. The van der Waals surface area contributed by atoms with Gasteiger partial charge in [0.15, 0.2) is 0 Å². The Kier molecular flexibility index (Phi) is 3.52. The number of piperidine rings is 2. The van der Waals surface area contributed by atoms with E-state index in [1.165, 1.54) is 4.90 Å². The fraction of sp³-hybridized carbons (Fsp3) is 0.846. The lowest BCUT2D eigenvalue weighted by atomic mass is 9.81. The minimum Gasteiger partial charge on any atom is -0.316 e. The molecule has 1 N–H and O–H groups in total. The van der Waals surface area contributed by atoms with Crippen molar-refractivity contribution >= 4 is 11.8 Å². The molecule has 4 heteroatoms. The summed E-state index contributed by atoms with van der Waals surface area (Å²) in [5.74, 6) is 0.464. The normalized spacial score (nSPS) is 29.5. The van der Waals surface area contributed by atoms with Crippen LogP contribution in [0.4, 0.5) is 0 Å². The summed E-state index contributed by atoms with van der Waals surface area (Å²) in [6.07, 6.45) is 3.26. The van der Waals surface area contributed by atoms with Crippen LogP contribution in [0.25, 0.3) is 0 Å². The second-order valence-electron chi connectivity index (χ2n) is 6.13. The van der Waals surface area contributed by atoms with Crippen LogP contribution in [-0.4, -0.2) is 36.3 Å². The molecule has 2 saturated heterocycles. The summed E-state index contributed by atoms with van der Waals surface area (Å²) in [5.41, 5.74) is -0.157. The van der Waals surface area contributed by atoms with E-state index < -0.39 is 0 Å². The first kappa shape index (κ1) is 12.6. The van der Waals surface area contributed by atoms with Crippen molar-refractivity contribution in [3.63, 3.8) is 0 Å². The zero-order valence-electron chi connectivity index (χ0n) is 10.8. The van der Waals surface area contributed by atoms with Crippen LogP contribution >= 0.6 is 0 Å². The average Bonchev–Trinajstić information content (AvgIpc) is 2.24. The second-order valence-corrected chi connectivity index (χ2v) is 6.13. The number of hydrogen-bond donors (Lipinski definition) is 1. The Labute approximate surface area is 103 Å². The Hall–Kier alpha value is -0.900. The molecule has 1 atom stereocenters. The molecule has 0 aliphatic carbocycles. The number of imide groups is 1. The Bertz CT molecular complexity index is 299. The minimum atomic E-state index is -0.157. The highest BCUT2D eigenvalue weighted by Gasteiger charge is 2.38. The van der Waals surface area contributed by atoms with Gasteiger partial charge < -0.3 is 5.32 Å². The van der Waals surface area contributed by atoms with Crippen LogP contribution in [0.2, 0.25) is 0 Å². The molecule has 2 heterocycles. The maximum atomic E-state index is 12.0. The first-order chi connectivity index (χ1) is 7.98. The van der Waals surface area contributed by atoms with E-state index in [0.29, 0.717) is 25.3 Å². The molecule has 2 rings (SSSR count). The molecule has 0 spiro atoms.